The van der Waals surface area contributed by atoms with Crippen LogP contribution in [0.2, 0.25) is 0 Å². The Hall–Kier alpha value is -0.580. The van der Waals surface area contributed by atoms with Crippen molar-refractivity contribution in [1.29, 1.82) is 0 Å². The Bertz CT molecular complexity index is 341. The van der Waals surface area contributed by atoms with E-state index in [-0.39, 0.29) is 11.7 Å². The van der Waals surface area contributed by atoms with E-state index in [2.05, 4.69) is 4.74 Å². The topological polar surface area (TPSA) is 60.4 Å². The van der Waals surface area contributed by atoms with E-state index in [1.165, 1.54) is 7.11 Å². The van der Waals surface area contributed by atoms with Crippen molar-refractivity contribution < 1.29 is 17.9 Å². The van der Waals surface area contributed by atoms with E-state index in [1.54, 1.807) is 0 Å². The van der Waals surface area contributed by atoms with Crippen molar-refractivity contribution in [3.8, 4) is 0 Å². The summed E-state index contributed by atoms with van der Waals surface area (Å²) in [6.45, 7) is 3.94. The van der Waals surface area contributed by atoms with E-state index < -0.39 is 21.1 Å². The molecule has 4 nitrogen and oxygen atoms in total. The summed E-state index contributed by atoms with van der Waals surface area (Å²) in [5.41, 5.74) is 0. The van der Waals surface area contributed by atoms with Gasteiger partial charge in [-0.2, -0.15) is 0 Å². The summed E-state index contributed by atoms with van der Waals surface area (Å²) in [5.74, 6) is -0.191. The van der Waals surface area contributed by atoms with Gasteiger partial charge < -0.3 is 4.74 Å². The summed E-state index contributed by atoms with van der Waals surface area (Å²) < 4.78 is 28.6. The predicted molar refractivity (Wildman–Crippen MR) is 61.8 cm³/mol. The largest absolute Gasteiger partial charge is 0.468 e. The first kappa shape index (κ1) is 13.5. The van der Waals surface area contributed by atoms with Crippen molar-refractivity contribution in [3.05, 3.63) is 0 Å². The summed E-state index contributed by atoms with van der Waals surface area (Å²) in [7, 11) is -2.09. The van der Waals surface area contributed by atoms with Gasteiger partial charge in [0.15, 0.2) is 15.1 Å². The van der Waals surface area contributed by atoms with Gasteiger partial charge in [0, 0.05) is 0 Å². The molecule has 1 atom stereocenters. The summed E-state index contributed by atoms with van der Waals surface area (Å²) in [6.07, 6.45) is 2.24. The van der Waals surface area contributed by atoms with E-state index in [0.29, 0.717) is 12.3 Å². The fraction of sp³-hybridized carbons (Fsp3) is 0.909. The first-order valence-corrected chi connectivity index (χ1v) is 7.39. The minimum Gasteiger partial charge on any atom is -0.468 e. The lowest BCUT2D eigenvalue weighted by atomic mass is 10.2. The third-order valence-corrected chi connectivity index (χ3v) is 5.01. The second-order valence-corrected chi connectivity index (χ2v) is 7.07. The molecular formula is C11H20O4S. The smallest absolute Gasteiger partial charge is 0.324 e. The Morgan fingerprint density at radius 3 is 2.31 bits per heavy atom. The predicted octanol–water partition coefficient (Wildman–Crippen LogP) is 1.40. The molecular weight excluding hydrogens is 228 g/mol. The van der Waals surface area contributed by atoms with Crippen molar-refractivity contribution in [2.24, 2.45) is 11.8 Å². The third kappa shape index (κ3) is 3.47. The molecule has 0 heterocycles. The van der Waals surface area contributed by atoms with Gasteiger partial charge in [-0.15, -0.1) is 0 Å². The van der Waals surface area contributed by atoms with Crippen LogP contribution in [0.4, 0.5) is 0 Å². The molecule has 1 fully saturated rings. The van der Waals surface area contributed by atoms with E-state index in [0.717, 1.165) is 12.8 Å². The third-order valence-electron chi connectivity index (χ3n) is 2.85. The Morgan fingerprint density at radius 2 is 1.94 bits per heavy atom. The fourth-order valence-electron chi connectivity index (χ4n) is 1.67. The molecule has 1 aliphatic carbocycles. The standard InChI is InChI=1S/C11H20O4S/c1-8(2)6-7-16(13,14)10(9-4-5-9)11(12)15-3/h8-10H,4-7H2,1-3H3. The van der Waals surface area contributed by atoms with Gasteiger partial charge in [-0.25, -0.2) is 8.42 Å². The number of sulfone groups is 1. The molecule has 1 unspecified atom stereocenters. The number of rotatable bonds is 6. The maximum absolute atomic E-state index is 12.0. The second-order valence-electron chi connectivity index (χ2n) is 4.83. The van der Waals surface area contributed by atoms with Crippen molar-refractivity contribution in [2.75, 3.05) is 12.9 Å². The molecule has 1 rings (SSSR count). The highest BCUT2D eigenvalue weighted by Gasteiger charge is 2.45. The fourth-order valence-corrected chi connectivity index (χ4v) is 3.98. The van der Waals surface area contributed by atoms with E-state index in [1.807, 2.05) is 13.8 Å². The minimum atomic E-state index is -3.34. The highest BCUT2D eigenvalue weighted by Crippen LogP contribution is 2.37. The molecule has 0 aromatic rings. The molecule has 0 amide bonds. The zero-order valence-corrected chi connectivity index (χ0v) is 10.9. The number of carbonyl (C=O) groups excluding carboxylic acids is 1. The van der Waals surface area contributed by atoms with Crippen LogP contribution in [0.15, 0.2) is 0 Å². The van der Waals surface area contributed by atoms with Gasteiger partial charge in [0.25, 0.3) is 0 Å². The second kappa shape index (κ2) is 5.17. The molecule has 0 aliphatic heterocycles. The van der Waals surface area contributed by atoms with Crippen LogP contribution in [-0.2, 0) is 19.4 Å². The van der Waals surface area contributed by atoms with E-state index >= 15 is 0 Å². The SMILES string of the molecule is COC(=O)C(C1CC1)S(=O)(=O)CCC(C)C. The number of methoxy groups -OCH3 is 1. The number of ether oxygens (including phenoxy) is 1. The Kier molecular flexibility index (Phi) is 4.35. The maximum atomic E-state index is 12.0. The zero-order valence-electron chi connectivity index (χ0n) is 10.1. The lowest BCUT2D eigenvalue weighted by Gasteiger charge is -2.15. The monoisotopic (exact) mass is 248 g/mol. The molecule has 0 spiro atoms. The summed E-state index contributed by atoms with van der Waals surface area (Å²) >= 11 is 0. The molecule has 5 heteroatoms. The van der Waals surface area contributed by atoms with Crippen LogP contribution in [0.1, 0.15) is 33.1 Å². The van der Waals surface area contributed by atoms with Crippen molar-refractivity contribution in [2.45, 2.75) is 38.4 Å². The Labute approximate surface area is 97.3 Å². The average molecular weight is 248 g/mol. The Morgan fingerprint density at radius 1 is 1.38 bits per heavy atom. The first-order chi connectivity index (χ1) is 7.38. The number of esters is 1. The summed E-state index contributed by atoms with van der Waals surface area (Å²) in [6, 6.07) is 0. The number of hydrogen-bond donors (Lipinski definition) is 0. The van der Waals surface area contributed by atoms with Crippen LogP contribution in [0, 0.1) is 11.8 Å². The van der Waals surface area contributed by atoms with Crippen LogP contribution in [0.5, 0.6) is 0 Å². The first-order valence-electron chi connectivity index (χ1n) is 5.68. The minimum absolute atomic E-state index is 0.00962. The highest BCUT2D eigenvalue weighted by molar-refractivity contribution is 7.92. The van der Waals surface area contributed by atoms with Crippen LogP contribution in [-0.4, -0.2) is 32.5 Å². The van der Waals surface area contributed by atoms with E-state index in [9.17, 15) is 13.2 Å². The van der Waals surface area contributed by atoms with Gasteiger partial charge in [0.2, 0.25) is 0 Å². The summed E-state index contributed by atoms with van der Waals surface area (Å²) in [4.78, 5) is 11.5. The summed E-state index contributed by atoms with van der Waals surface area (Å²) in [5, 5.41) is -0.920. The average Bonchev–Trinajstić information content (AvgIpc) is 2.99. The molecule has 0 aromatic heterocycles. The van der Waals surface area contributed by atoms with Gasteiger partial charge in [-0.1, -0.05) is 13.8 Å². The molecule has 1 saturated carbocycles. The molecule has 16 heavy (non-hydrogen) atoms. The van der Waals surface area contributed by atoms with Crippen LogP contribution in [0.3, 0.4) is 0 Å². The van der Waals surface area contributed by atoms with Gasteiger partial charge in [0.1, 0.15) is 0 Å². The quantitative estimate of drug-likeness (QED) is 0.667. The lowest BCUT2D eigenvalue weighted by molar-refractivity contribution is -0.140. The number of carbonyl (C=O) groups is 1. The van der Waals surface area contributed by atoms with Gasteiger partial charge in [-0.3, -0.25) is 4.79 Å². The van der Waals surface area contributed by atoms with Gasteiger partial charge in [-0.05, 0) is 31.1 Å². The maximum Gasteiger partial charge on any atom is 0.324 e. The van der Waals surface area contributed by atoms with Crippen molar-refractivity contribution in [1.82, 2.24) is 0 Å². The van der Waals surface area contributed by atoms with Crippen molar-refractivity contribution >= 4 is 15.8 Å². The Balaban J connectivity index is 2.72. The van der Waals surface area contributed by atoms with Crippen LogP contribution in [0.25, 0.3) is 0 Å². The molecule has 94 valence electrons. The van der Waals surface area contributed by atoms with Gasteiger partial charge >= 0.3 is 5.97 Å². The highest BCUT2D eigenvalue weighted by atomic mass is 32.2. The normalized spacial score (nSPS) is 18.5. The molecule has 1 aliphatic rings. The molecule has 0 aromatic carbocycles. The molecule has 0 N–H and O–H groups in total. The zero-order chi connectivity index (χ0) is 12.3. The lowest BCUT2D eigenvalue weighted by Crippen LogP contribution is -2.35. The van der Waals surface area contributed by atoms with Gasteiger partial charge in [0.05, 0.1) is 12.9 Å². The van der Waals surface area contributed by atoms with Crippen molar-refractivity contribution in [3.63, 3.8) is 0 Å². The van der Waals surface area contributed by atoms with Crippen LogP contribution >= 0.6 is 0 Å². The van der Waals surface area contributed by atoms with E-state index in [4.69, 9.17) is 0 Å². The van der Waals surface area contributed by atoms with Crippen LogP contribution < -0.4 is 0 Å². The number of hydrogen-bond acceptors (Lipinski definition) is 4. The molecule has 0 bridgehead atoms. The molecule has 0 radical (unpaired) electrons. The molecule has 0 saturated heterocycles.